The van der Waals surface area contributed by atoms with Crippen LogP contribution in [0.4, 0.5) is 11.5 Å². The highest BCUT2D eigenvalue weighted by Gasteiger charge is 2.06. The summed E-state index contributed by atoms with van der Waals surface area (Å²) in [4.78, 5) is 8.80. The molecule has 2 aromatic carbocycles. The summed E-state index contributed by atoms with van der Waals surface area (Å²) >= 11 is 6.15. The molecule has 0 saturated carbocycles. The minimum absolute atomic E-state index is 0.347. The number of nitrogens with zero attached hydrogens (tertiary/aromatic N) is 2. The Hall–Kier alpha value is -2.33. The van der Waals surface area contributed by atoms with Gasteiger partial charge in [-0.15, -0.1) is 0 Å². The van der Waals surface area contributed by atoms with Crippen LogP contribution < -0.4 is 10.1 Å². The Labute approximate surface area is 121 Å². The molecule has 4 nitrogen and oxygen atoms in total. The second kappa shape index (κ2) is 5.35. The van der Waals surface area contributed by atoms with Crippen LogP contribution in [0.2, 0.25) is 5.15 Å². The summed E-state index contributed by atoms with van der Waals surface area (Å²) < 4.78 is 5.12. The lowest BCUT2D eigenvalue weighted by molar-refractivity contribution is 0.415. The Bertz CT molecular complexity index is 744. The van der Waals surface area contributed by atoms with Crippen molar-refractivity contribution in [2.75, 3.05) is 12.4 Å². The number of ether oxygens (including phenoxy) is 1. The molecule has 0 unspecified atom stereocenters. The third-order valence-electron chi connectivity index (χ3n) is 2.88. The molecule has 0 fully saturated rings. The van der Waals surface area contributed by atoms with Crippen molar-refractivity contribution in [3.63, 3.8) is 0 Å². The molecule has 0 saturated heterocycles. The molecule has 0 aliphatic rings. The molecule has 0 radical (unpaired) electrons. The van der Waals surface area contributed by atoms with Gasteiger partial charge in [-0.05, 0) is 36.4 Å². The van der Waals surface area contributed by atoms with Gasteiger partial charge in [0.1, 0.15) is 5.75 Å². The largest absolute Gasteiger partial charge is 0.497 e. The maximum Gasteiger partial charge on any atom is 0.172 e. The van der Waals surface area contributed by atoms with Crippen molar-refractivity contribution in [2.24, 2.45) is 0 Å². The Kier molecular flexibility index (Phi) is 3.39. The number of benzene rings is 2. The number of nitrogens with one attached hydrogen (secondary N) is 1. The van der Waals surface area contributed by atoms with Gasteiger partial charge in [0.25, 0.3) is 0 Å². The minimum Gasteiger partial charge on any atom is -0.497 e. The highest BCUT2D eigenvalue weighted by molar-refractivity contribution is 6.32. The van der Waals surface area contributed by atoms with E-state index in [4.69, 9.17) is 16.3 Å². The molecule has 0 spiro atoms. The molecule has 0 amide bonds. The first-order valence-electron chi connectivity index (χ1n) is 6.09. The van der Waals surface area contributed by atoms with Crippen molar-refractivity contribution in [1.29, 1.82) is 0 Å². The first-order valence-corrected chi connectivity index (χ1v) is 6.47. The molecule has 3 rings (SSSR count). The molecular weight excluding hydrogens is 274 g/mol. The van der Waals surface area contributed by atoms with Crippen molar-refractivity contribution in [2.45, 2.75) is 0 Å². The van der Waals surface area contributed by atoms with Crippen molar-refractivity contribution >= 4 is 34.1 Å². The maximum atomic E-state index is 6.15. The van der Waals surface area contributed by atoms with E-state index in [9.17, 15) is 0 Å². The monoisotopic (exact) mass is 285 g/mol. The van der Waals surface area contributed by atoms with Crippen LogP contribution in [-0.2, 0) is 0 Å². The standard InChI is InChI=1S/C15H12ClN3O/c1-20-11-8-6-10(7-9-11)17-15-14(16)18-12-4-2-3-5-13(12)19-15/h2-9H,1H3,(H,17,19). The number of hydrogen-bond acceptors (Lipinski definition) is 4. The average molecular weight is 286 g/mol. The molecule has 1 heterocycles. The molecule has 1 N–H and O–H groups in total. The number of anilines is 2. The second-order valence-corrected chi connectivity index (χ2v) is 4.56. The molecule has 0 aliphatic carbocycles. The lowest BCUT2D eigenvalue weighted by atomic mass is 10.3. The van der Waals surface area contributed by atoms with Gasteiger partial charge in [0.05, 0.1) is 18.1 Å². The summed E-state index contributed by atoms with van der Waals surface area (Å²) in [6.45, 7) is 0. The van der Waals surface area contributed by atoms with E-state index in [-0.39, 0.29) is 0 Å². The van der Waals surface area contributed by atoms with Crippen LogP contribution in [0, 0.1) is 0 Å². The Morgan fingerprint density at radius 3 is 2.25 bits per heavy atom. The Morgan fingerprint density at radius 2 is 1.60 bits per heavy atom. The summed E-state index contributed by atoms with van der Waals surface area (Å²) in [6.07, 6.45) is 0. The summed E-state index contributed by atoms with van der Waals surface area (Å²) in [5.74, 6) is 1.33. The van der Waals surface area contributed by atoms with Gasteiger partial charge in [-0.3, -0.25) is 0 Å². The van der Waals surface area contributed by atoms with E-state index in [2.05, 4.69) is 15.3 Å². The Balaban J connectivity index is 1.94. The lowest BCUT2D eigenvalue weighted by Gasteiger charge is -2.08. The summed E-state index contributed by atoms with van der Waals surface area (Å²) in [7, 11) is 1.63. The van der Waals surface area contributed by atoms with Crippen LogP contribution in [0.15, 0.2) is 48.5 Å². The van der Waals surface area contributed by atoms with Crippen LogP contribution >= 0.6 is 11.6 Å². The fraction of sp³-hybridized carbons (Fsp3) is 0.0667. The molecule has 5 heteroatoms. The highest BCUT2D eigenvalue weighted by Crippen LogP contribution is 2.25. The zero-order chi connectivity index (χ0) is 13.9. The molecule has 3 aromatic rings. The van der Waals surface area contributed by atoms with E-state index in [0.29, 0.717) is 11.0 Å². The van der Waals surface area contributed by atoms with Crippen LogP contribution in [0.3, 0.4) is 0 Å². The zero-order valence-electron chi connectivity index (χ0n) is 10.8. The average Bonchev–Trinajstić information content (AvgIpc) is 2.49. The van der Waals surface area contributed by atoms with Crippen LogP contribution in [0.1, 0.15) is 0 Å². The maximum absolute atomic E-state index is 6.15. The molecular formula is C15H12ClN3O. The summed E-state index contributed by atoms with van der Waals surface area (Å²) in [6, 6.07) is 15.1. The van der Waals surface area contributed by atoms with E-state index in [1.807, 2.05) is 48.5 Å². The van der Waals surface area contributed by atoms with Crippen molar-refractivity contribution < 1.29 is 4.74 Å². The molecule has 1 aromatic heterocycles. The van der Waals surface area contributed by atoms with Crippen molar-refractivity contribution in [3.05, 3.63) is 53.7 Å². The minimum atomic E-state index is 0.347. The third kappa shape index (κ3) is 2.51. The zero-order valence-corrected chi connectivity index (χ0v) is 11.6. The third-order valence-corrected chi connectivity index (χ3v) is 3.14. The number of aromatic nitrogens is 2. The highest BCUT2D eigenvalue weighted by atomic mass is 35.5. The molecule has 20 heavy (non-hydrogen) atoms. The van der Waals surface area contributed by atoms with Crippen LogP contribution in [-0.4, -0.2) is 17.1 Å². The van der Waals surface area contributed by atoms with Gasteiger partial charge in [-0.2, -0.15) is 0 Å². The van der Waals surface area contributed by atoms with E-state index < -0.39 is 0 Å². The van der Waals surface area contributed by atoms with E-state index in [1.165, 1.54) is 0 Å². The quantitative estimate of drug-likeness (QED) is 0.789. The number of para-hydroxylation sites is 2. The van der Waals surface area contributed by atoms with Crippen molar-refractivity contribution in [3.8, 4) is 5.75 Å². The summed E-state index contributed by atoms with van der Waals surface area (Å²) in [5.41, 5.74) is 2.45. The summed E-state index contributed by atoms with van der Waals surface area (Å²) in [5, 5.41) is 3.50. The van der Waals surface area contributed by atoms with E-state index in [1.54, 1.807) is 7.11 Å². The predicted molar refractivity (Wildman–Crippen MR) is 80.8 cm³/mol. The van der Waals surface area contributed by atoms with Gasteiger partial charge in [0.2, 0.25) is 0 Å². The SMILES string of the molecule is COc1ccc(Nc2nc3ccccc3nc2Cl)cc1. The first-order chi connectivity index (χ1) is 9.76. The lowest BCUT2D eigenvalue weighted by Crippen LogP contribution is -1.97. The van der Waals surface area contributed by atoms with Gasteiger partial charge in [0, 0.05) is 5.69 Å². The van der Waals surface area contributed by atoms with Gasteiger partial charge in [0.15, 0.2) is 11.0 Å². The van der Waals surface area contributed by atoms with Crippen LogP contribution in [0.5, 0.6) is 5.75 Å². The van der Waals surface area contributed by atoms with Gasteiger partial charge in [-0.1, -0.05) is 23.7 Å². The molecule has 0 bridgehead atoms. The number of rotatable bonds is 3. The fourth-order valence-electron chi connectivity index (χ4n) is 1.87. The van der Waals surface area contributed by atoms with E-state index in [0.717, 1.165) is 22.5 Å². The van der Waals surface area contributed by atoms with Gasteiger partial charge < -0.3 is 10.1 Å². The second-order valence-electron chi connectivity index (χ2n) is 4.21. The van der Waals surface area contributed by atoms with Gasteiger partial charge in [-0.25, -0.2) is 9.97 Å². The topological polar surface area (TPSA) is 47.0 Å². The predicted octanol–water partition coefficient (Wildman–Crippen LogP) is 4.04. The number of hydrogen-bond donors (Lipinski definition) is 1. The number of fused-ring (bicyclic) bond motifs is 1. The number of halogens is 1. The first kappa shape index (κ1) is 12.7. The normalized spacial score (nSPS) is 10.5. The van der Waals surface area contributed by atoms with E-state index >= 15 is 0 Å². The molecule has 0 aliphatic heterocycles. The van der Waals surface area contributed by atoms with Gasteiger partial charge >= 0.3 is 0 Å². The van der Waals surface area contributed by atoms with Crippen molar-refractivity contribution in [1.82, 2.24) is 9.97 Å². The molecule has 100 valence electrons. The smallest absolute Gasteiger partial charge is 0.172 e. The Morgan fingerprint density at radius 1 is 0.950 bits per heavy atom. The number of methoxy groups -OCH3 is 1. The molecule has 0 atom stereocenters. The van der Waals surface area contributed by atoms with Crippen LogP contribution in [0.25, 0.3) is 11.0 Å². The fourth-order valence-corrected chi connectivity index (χ4v) is 2.05.